The van der Waals surface area contributed by atoms with Crippen molar-refractivity contribution in [1.82, 2.24) is 10.2 Å². The summed E-state index contributed by atoms with van der Waals surface area (Å²) in [5.74, 6) is -0.385. The maximum Gasteiger partial charge on any atom is 0.324 e. The molecule has 0 radical (unpaired) electrons. The number of carbonyl (C=O) groups excluding carboxylic acids is 3. The van der Waals surface area contributed by atoms with Crippen LogP contribution in [0.15, 0.2) is 52.3 Å². The van der Waals surface area contributed by atoms with Crippen LogP contribution in [0.1, 0.15) is 24.0 Å². The van der Waals surface area contributed by atoms with Gasteiger partial charge in [0.15, 0.2) is 0 Å². The zero-order valence-corrected chi connectivity index (χ0v) is 16.8. The lowest BCUT2D eigenvalue weighted by atomic mass is 10.1. The summed E-state index contributed by atoms with van der Waals surface area (Å²) in [5.41, 5.74) is 3.27. The number of benzene rings is 2. The third-order valence-electron chi connectivity index (χ3n) is 4.57. The number of anilines is 1. The van der Waals surface area contributed by atoms with E-state index in [-0.39, 0.29) is 37.4 Å². The number of nitrogens with one attached hydrogen (secondary N) is 2. The molecule has 0 atom stereocenters. The van der Waals surface area contributed by atoms with Gasteiger partial charge in [-0.1, -0.05) is 17.8 Å². The van der Waals surface area contributed by atoms with E-state index >= 15 is 0 Å². The third kappa shape index (κ3) is 5.13. The van der Waals surface area contributed by atoms with Crippen LogP contribution in [-0.2, 0) is 9.59 Å². The fraction of sp³-hybridized carbons (Fsp3) is 0.286. The molecule has 3 rings (SSSR count). The maximum absolute atomic E-state index is 12.1. The zero-order valence-electron chi connectivity index (χ0n) is 16.0. The molecule has 1 aliphatic heterocycles. The van der Waals surface area contributed by atoms with Crippen molar-refractivity contribution in [2.75, 3.05) is 18.4 Å². The van der Waals surface area contributed by atoms with Crippen molar-refractivity contribution in [1.29, 1.82) is 0 Å². The fourth-order valence-electron chi connectivity index (χ4n) is 2.82. The van der Waals surface area contributed by atoms with E-state index in [4.69, 9.17) is 0 Å². The number of hydrogen-bond donors (Lipinski definition) is 2. The van der Waals surface area contributed by atoms with Gasteiger partial charge in [0, 0.05) is 28.4 Å². The Morgan fingerprint density at radius 3 is 2.43 bits per heavy atom. The number of rotatable bonds is 7. The Kier molecular flexibility index (Phi) is 6.36. The first-order chi connectivity index (χ1) is 13.4. The first kappa shape index (κ1) is 19.9. The summed E-state index contributed by atoms with van der Waals surface area (Å²) in [4.78, 5) is 38.4. The number of urea groups is 1. The molecule has 0 aromatic heterocycles. The number of hydrogen-bond acceptors (Lipinski definition) is 4. The lowest BCUT2D eigenvalue weighted by molar-refractivity contribution is -0.125. The molecule has 1 fully saturated rings. The van der Waals surface area contributed by atoms with Crippen LogP contribution in [0.4, 0.5) is 10.5 Å². The number of nitrogens with zero attached hydrogens (tertiary/aromatic N) is 1. The van der Waals surface area contributed by atoms with E-state index in [0.717, 1.165) is 15.5 Å². The minimum atomic E-state index is -0.387. The van der Waals surface area contributed by atoms with Crippen molar-refractivity contribution in [2.24, 2.45) is 0 Å². The van der Waals surface area contributed by atoms with Crippen LogP contribution in [-0.4, -0.2) is 35.8 Å². The van der Waals surface area contributed by atoms with Crippen molar-refractivity contribution >= 4 is 35.3 Å². The van der Waals surface area contributed by atoms with Crippen molar-refractivity contribution < 1.29 is 14.4 Å². The molecule has 1 saturated heterocycles. The summed E-state index contributed by atoms with van der Waals surface area (Å²) in [6.45, 7) is 4.49. The number of amides is 4. The average molecular weight is 398 g/mol. The zero-order chi connectivity index (χ0) is 20.1. The Morgan fingerprint density at radius 2 is 1.79 bits per heavy atom. The van der Waals surface area contributed by atoms with Gasteiger partial charge in [-0.15, -0.1) is 0 Å². The molecule has 1 aliphatic rings. The normalized spacial score (nSPS) is 13.6. The molecule has 0 spiro atoms. The van der Waals surface area contributed by atoms with Crippen molar-refractivity contribution in [3.8, 4) is 0 Å². The van der Waals surface area contributed by atoms with E-state index in [9.17, 15) is 14.4 Å². The molecular formula is C21H23N3O3S. The summed E-state index contributed by atoms with van der Waals surface area (Å²) in [7, 11) is 0. The minimum absolute atomic E-state index is 0.0392. The van der Waals surface area contributed by atoms with Crippen LogP contribution >= 0.6 is 11.8 Å². The molecule has 4 amide bonds. The van der Waals surface area contributed by atoms with Crippen molar-refractivity contribution in [2.45, 2.75) is 36.5 Å². The molecule has 2 aromatic carbocycles. The predicted octanol–water partition coefficient (Wildman–Crippen LogP) is 3.73. The SMILES string of the molecule is Cc1ccc(Sc2ccc(NC(=O)CCCN3C(=O)CNC3=O)cc2)cc1C. The molecule has 0 saturated carbocycles. The summed E-state index contributed by atoms with van der Waals surface area (Å²) in [5, 5.41) is 5.31. The highest BCUT2D eigenvalue weighted by atomic mass is 32.2. The Bertz CT molecular complexity index is 880. The molecule has 2 N–H and O–H groups in total. The highest BCUT2D eigenvalue weighted by molar-refractivity contribution is 7.99. The summed E-state index contributed by atoms with van der Waals surface area (Å²) in [6, 6.07) is 13.7. The van der Waals surface area contributed by atoms with Gasteiger partial charge >= 0.3 is 6.03 Å². The molecule has 0 bridgehead atoms. The Labute approximate surface area is 168 Å². The van der Waals surface area contributed by atoms with Crippen LogP contribution in [0.3, 0.4) is 0 Å². The minimum Gasteiger partial charge on any atom is -0.329 e. The van der Waals surface area contributed by atoms with Crippen LogP contribution in [0.25, 0.3) is 0 Å². The van der Waals surface area contributed by atoms with Gasteiger partial charge in [0.05, 0.1) is 6.54 Å². The van der Waals surface area contributed by atoms with Crippen LogP contribution in [0, 0.1) is 13.8 Å². The van der Waals surface area contributed by atoms with E-state index in [1.54, 1.807) is 11.8 Å². The molecule has 28 heavy (non-hydrogen) atoms. The highest BCUT2D eigenvalue weighted by Crippen LogP contribution is 2.29. The van der Waals surface area contributed by atoms with Crippen molar-refractivity contribution in [3.63, 3.8) is 0 Å². The van der Waals surface area contributed by atoms with Gasteiger partial charge in [0.1, 0.15) is 0 Å². The summed E-state index contributed by atoms with van der Waals surface area (Å²) < 4.78 is 0. The van der Waals surface area contributed by atoms with Crippen LogP contribution in [0.2, 0.25) is 0 Å². The van der Waals surface area contributed by atoms with E-state index in [1.807, 2.05) is 24.3 Å². The lowest BCUT2D eigenvalue weighted by Gasteiger charge is -2.12. The highest BCUT2D eigenvalue weighted by Gasteiger charge is 2.27. The Hall–Kier alpha value is -2.80. The van der Waals surface area contributed by atoms with Gasteiger partial charge in [0.2, 0.25) is 11.8 Å². The fourth-order valence-corrected chi connectivity index (χ4v) is 3.74. The second kappa shape index (κ2) is 8.93. The second-order valence-electron chi connectivity index (χ2n) is 6.73. The molecule has 7 heteroatoms. The summed E-state index contributed by atoms with van der Waals surface area (Å²) >= 11 is 1.68. The monoisotopic (exact) mass is 397 g/mol. The van der Waals surface area contributed by atoms with E-state index in [1.165, 1.54) is 16.0 Å². The standard InChI is InChI=1S/C21H23N3O3S/c1-14-5-8-18(12-15(14)2)28-17-9-6-16(7-10-17)23-19(25)4-3-11-24-20(26)13-22-21(24)27/h5-10,12H,3-4,11,13H2,1-2H3,(H,22,27)(H,23,25). The van der Waals surface area contributed by atoms with Crippen molar-refractivity contribution in [3.05, 3.63) is 53.6 Å². The smallest absolute Gasteiger partial charge is 0.324 e. The Balaban J connectivity index is 1.46. The molecule has 0 unspecified atom stereocenters. The largest absolute Gasteiger partial charge is 0.329 e. The third-order valence-corrected chi connectivity index (χ3v) is 5.57. The molecule has 0 aliphatic carbocycles. The van der Waals surface area contributed by atoms with Gasteiger partial charge in [0.25, 0.3) is 0 Å². The summed E-state index contributed by atoms with van der Waals surface area (Å²) in [6.07, 6.45) is 0.682. The van der Waals surface area contributed by atoms with Crippen LogP contribution in [0.5, 0.6) is 0 Å². The van der Waals surface area contributed by atoms with E-state index in [0.29, 0.717) is 6.42 Å². The first-order valence-electron chi connectivity index (χ1n) is 9.15. The average Bonchev–Trinajstić information content (AvgIpc) is 2.98. The van der Waals surface area contributed by atoms with Gasteiger partial charge in [-0.05, 0) is 67.8 Å². The lowest BCUT2D eigenvalue weighted by Crippen LogP contribution is -2.32. The number of imide groups is 1. The van der Waals surface area contributed by atoms with Gasteiger partial charge < -0.3 is 10.6 Å². The quantitative estimate of drug-likeness (QED) is 0.698. The molecule has 6 nitrogen and oxygen atoms in total. The molecule has 1 heterocycles. The number of aryl methyl sites for hydroxylation is 2. The molecular weight excluding hydrogens is 374 g/mol. The second-order valence-corrected chi connectivity index (χ2v) is 7.88. The Morgan fingerprint density at radius 1 is 1.07 bits per heavy atom. The van der Waals surface area contributed by atoms with Gasteiger partial charge in [-0.2, -0.15) is 0 Å². The molecule has 2 aromatic rings. The maximum atomic E-state index is 12.1. The van der Waals surface area contributed by atoms with E-state index in [2.05, 4.69) is 42.7 Å². The van der Waals surface area contributed by atoms with Gasteiger partial charge in [-0.25, -0.2) is 4.79 Å². The topological polar surface area (TPSA) is 78.5 Å². The van der Waals surface area contributed by atoms with Gasteiger partial charge in [-0.3, -0.25) is 14.5 Å². The van der Waals surface area contributed by atoms with E-state index < -0.39 is 0 Å². The van der Waals surface area contributed by atoms with Crippen LogP contribution < -0.4 is 10.6 Å². The first-order valence-corrected chi connectivity index (χ1v) is 9.97. The number of carbonyl (C=O) groups is 3. The molecule has 146 valence electrons. The predicted molar refractivity (Wildman–Crippen MR) is 109 cm³/mol.